The fraction of sp³-hybridized carbons (Fsp3) is 0.333. The quantitative estimate of drug-likeness (QED) is 0.736. The van der Waals surface area contributed by atoms with Crippen molar-refractivity contribution in [2.45, 2.75) is 19.8 Å². The van der Waals surface area contributed by atoms with Crippen molar-refractivity contribution >= 4 is 5.97 Å². The van der Waals surface area contributed by atoms with Crippen molar-refractivity contribution < 1.29 is 9.90 Å². The van der Waals surface area contributed by atoms with Crippen LogP contribution in [0.5, 0.6) is 0 Å². The van der Waals surface area contributed by atoms with Crippen molar-refractivity contribution in [3.05, 3.63) is 29.6 Å². The number of nitrogens with zero attached hydrogens (tertiary/aromatic N) is 1. The zero-order valence-corrected chi connectivity index (χ0v) is 6.95. The third-order valence-electron chi connectivity index (χ3n) is 1.76. The second-order valence-corrected chi connectivity index (χ2v) is 2.70. The minimum absolute atomic E-state index is 0.173. The molecular weight excluding hydrogens is 154 g/mol. The summed E-state index contributed by atoms with van der Waals surface area (Å²) in [6.45, 7) is 1.96. The Hall–Kier alpha value is -1.38. The zero-order valence-electron chi connectivity index (χ0n) is 6.95. The van der Waals surface area contributed by atoms with Gasteiger partial charge >= 0.3 is 5.97 Å². The molecule has 0 bridgehead atoms. The van der Waals surface area contributed by atoms with Gasteiger partial charge in [0.2, 0.25) is 0 Å². The van der Waals surface area contributed by atoms with Gasteiger partial charge in [-0.2, -0.15) is 0 Å². The first-order valence-corrected chi connectivity index (χ1v) is 3.81. The van der Waals surface area contributed by atoms with Crippen LogP contribution in [0.3, 0.4) is 0 Å². The summed E-state index contributed by atoms with van der Waals surface area (Å²) >= 11 is 0. The Labute approximate surface area is 71.1 Å². The monoisotopic (exact) mass is 165 g/mol. The van der Waals surface area contributed by atoms with E-state index in [4.69, 9.17) is 5.11 Å². The summed E-state index contributed by atoms with van der Waals surface area (Å²) < 4.78 is 0. The van der Waals surface area contributed by atoms with Gasteiger partial charge in [0.25, 0.3) is 0 Å². The highest BCUT2D eigenvalue weighted by atomic mass is 16.4. The van der Waals surface area contributed by atoms with Gasteiger partial charge in [0, 0.05) is 18.8 Å². The maximum atomic E-state index is 10.3. The fourth-order valence-electron chi connectivity index (χ4n) is 1.00. The van der Waals surface area contributed by atoms with Gasteiger partial charge in [0.1, 0.15) is 0 Å². The minimum Gasteiger partial charge on any atom is -0.481 e. The van der Waals surface area contributed by atoms with Crippen molar-refractivity contribution in [2.24, 2.45) is 0 Å². The largest absolute Gasteiger partial charge is 0.481 e. The van der Waals surface area contributed by atoms with E-state index >= 15 is 0 Å². The van der Waals surface area contributed by atoms with Crippen molar-refractivity contribution in [3.8, 4) is 0 Å². The maximum absolute atomic E-state index is 10.3. The lowest BCUT2D eigenvalue weighted by Gasteiger charge is -2.01. The highest BCUT2D eigenvalue weighted by Gasteiger charge is 2.00. The van der Waals surface area contributed by atoms with Crippen LogP contribution in [0, 0.1) is 6.92 Å². The lowest BCUT2D eigenvalue weighted by atomic mass is 10.1. The molecule has 0 amide bonds. The number of aromatic nitrogens is 1. The number of carbonyl (C=O) groups is 1. The first-order valence-electron chi connectivity index (χ1n) is 3.81. The number of pyridine rings is 1. The van der Waals surface area contributed by atoms with E-state index in [0.29, 0.717) is 6.42 Å². The zero-order chi connectivity index (χ0) is 8.97. The topological polar surface area (TPSA) is 50.2 Å². The molecule has 0 aliphatic rings. The Morgan fingerprint density at radius 2 is 2.42 bits per heavy atom. The smallest absolute Gasteiger partial charge is 0.303 e. The number of carboxylic acids is 1. The Kier molecular flexibility index (Phi) is 2.80. The van der Waals surface area contributed by atoms with E-state index < -0.39 is 5.97 Å². The molecule has 64 valence electrons. The van der Waals surface area contributed by atoms with Gasteiger partial charge in [-0.05, 0) is 30.5 Å². The van der Waals surface area contributed by atoms with Gasteiger partial charge in [-0.15, -0.1) is 0 Å². The minimum atomic E-state index is -0.766. The van der Waals surface area contributed by atoms with Crippen LogP contribution in [0.25, 0.3) is 0 Å². The number of hydrogen-bond acceptors (Lipinski definition) is 2. The summed E-state index contributed by atoms with van der Waals surface area (Å²) in [5, 5.41) is 8.45. The molecule has 3 heteroatoms. The van der Waals surface area contributed by atoms with Crippen LogP contribution in [-0.2, 0) is 11.2 Å². The summed E-state index contributed by atoms with van der Waals surface area (Å²) in [6.07, 6.45) is 4.17. The summed E-state index contributed by atoms with van der Waals surface area (Å²) in [5.41, 5.74) is 2.12. The molecule has 1 N–H and O–H groups in total. The Balaban J connectivity index is 2.63. The van der Waals surface area contributed by atoms with E-state index in [-0.39, 0.29) is 6.42 Å². The van der Waals surface area contributed by atoms with Crippen molar-refractivity contribution in [2.75, 3.05) is 0 Å². The average Bonchev–Trinajstić information content (AvgIpc) is 2.03. The predicted octanol–water partition coefficient (Wildman–Crippen LogP) is 1.41. The van der Waals surface area contributed by atoms with Gasteiger partial charge < -0.3 is 5.11 Å². The van der Waals surface area contributed by atoms with Gasteiger partial charge in [-0.3, -0.25) is 9.78 Å². The van der Waals surface area contributed by atoms with Crippen molar-refractivity contribution in [1.82, 2.24) is 4.98 Å². The second-order valence-electron chi connectivity index (χ2n) is 2.70. The van der Waals surface area contributed by atoms with E-state index in [1.54, 1.807) is 12.4 Å². The van der Waals surface area contributed by atoms with Gasteiger partial charge in [0.15, 0.2) is 0 Å². The molecule has 1 aromatic heterocycles. The maximum Gasteiger partial charge on any atom is 0.303 e. The molecule has 0 saturated carbocycles. The van der Waals surface area contributed by atoms with Gasteiger partial charge in [0.05, 0.1) is 0 Å². The van der Waals surface area contributed by atoms with Crippen LogP contribution in [-0.4, -0.2) is 16.1 Å². The van der Waals surface area contributed by atoms with Crippen LogP contribution >= 0.6 is 0 Å². The number of hydrogen-bond donors (Lipinski definition) is 1. The normalized spacial score (nSPS) is 9.75. The SMILES string of the molecule is Cc1ccncc1CCC(=O)O. The number of rotatable bonds is 3. The Morgan fingerprint density at radius 3 is 3.00 bits per heavy atom. The van der Waals surface area contributed by atoms with Crippen LogP contribution < -0.4 is 0 Å². The molecule has 0 aliphatic carbocycles. The number of aryl methyl sites for hydroxylation is 2. The predicted molar refractivity (Wildman–Crippen MR) is 44.9 cm³/mol. The first-order chi connectivity index (χ1) is 5.70. The number of aliphatic carboxylic acids is 1. The fourth-order valence-corrected chi connectivity index (χ4v) is 1.00. The van der Waals surface area contributed by atoms with Crippen LogP contribution in [0.2, 0.25) is 0 Å². The first kappa shape index (κ1) is 8.71. The van der Waals surface area contributed by atoms with Crippen LogP contribution in [0.4, 0.5) is 0 Å². The molecule has 12 heavy (non-hydrogen) atoms. The Bertz CT molecular complexity index is 284. The molecular formula is C9H11NO2. The highest BCUT2D eigenvalue weighted by Crippen LogP contribution is 2.07. The highest BCUT2D eigenvalue weighted by molar-refractivity contribution is 5.67. The van der Waals surface area contributed by atoms with Gasteiger partial charge in [-0.1, -0.05) is 0 Å². The van der Waals surface area contributed by atoms with E-state index in [1.807, 2.05) is 13.0 Å². The molecule has 0 unspecified atom stereocenters. The van der Waals surface area contributed by atoms with Gasteiger partial charge in [-0.25, -0.2) is 0 Å². The summed E-state index contributed by atoms with van der Waals surface area (Å²) in [5.74, 6) is -0.766. The third-order valence-corrected chi connectivity index (χ3v) is 1.76. The van der Waals surface area contributed by atoms with Crippen molar-refractivity contribution in [1.29, 1.82) is 0 Å². The van der Waals surface area contributed by atoms with Crippen molar-refractivity contribution in [3.63, 3.8) is 0 Å². The molecule has 0 aromatic carbocycles. The molecule has 3 nitrogen and oxygen atoms in total. The van der Waals surface area contributed by atoms with E-state index in [9.17, 15) is 4.79 Å². The van der Waals surface area contributed by atoms with E-state index in [2.05, 4.69) is 4.98 Å². The van der Waals surface area contributed by atoms with Crippen LogP contribution in [0.1, 0.15) is 17.5 Å². The molecule has 0 saturated heterocycles. The molecule has 1 heterocycles. The second kappa shape index (κ2) is 3.85. The number of carboxylic acid groups (broad SMARTS) is 1. The third kappa shape index (κ3) is 2.34. The van der Waals surface area contributed by atoms with E-state index in [1.165, 1.54) is 0 Å². The molecule has 0 radical (unpaired) electrons. The summed E-state index contributed by atoms with van der Waals surface area (Å²) in [7, 11) is 0. The van der Waals surface area contributed by atoms with Crippen LogP contribution in [0.15, 0.2) is 18.5 Å². The lowest BCUT2D eigenvalue weighted by molar-refractivity contribution is -0.136. The molecule has 1 aromatic rings. The molecule has 0 spiro atoms. The average molecular weight is 165 g/mol. The van der Waals surface area contributed by atoms with E-state index in [0.717, 1.165) is 11.1 Å². The lowest BCUT2D eigenvalue weighted by Crippen LogP contribution is -1.99. The standard InChI is InChI=1S/C9H11NO2/c1-7-4-5-10-6-8(7)2-3-9(11)12/h4-6H,2-3H2,1H3,(H,11,12). The molecule has 0 aliphatic heterocycles. The summed E-state index contributed by atoms with van der Waals surface area (Å²) in [4.78, 5) is 14.2. The molecule has 1 rings (SSSR count). The molecule has 0 fully saturated rings. The molecule has 0 atom stereocenters. The Morgan fingerprint density at radius 1 is 1.67 bits per heavy atom. The summed E-state index contributed by atoms with van der Waals surface area (Å²) in [6, 6.07) is 1.89.